The average Bonchev–Trinajstić information content (AvgIpc) is 3.14. The maximum Gasteiger partial charge on any atom is 0.223 e. The number of hydrogen-bond acceptors (Lipinski definition) is 4. The quantitative estimate of drug-likeness (QED) is 0.871. The SMILES string of the molecule is Cc1cc(C)n([C@H]2CCCN(C(=O)CCc3nccs3)C2)n1. The van der Waals surface area contributed by atoms with Gasteiger partial charge >= 0.3 is 0 Å². The topological polar surface area (TPSA) is 51.0 Å². The normalized spacial score (nSPS) is 18.6. The van der Waals surface area contributed by atoms with Crippen LogP contribution in [0.15, 0.2) is 17.6 Å². The van der Waals surface area contributed by atoms with Gasteiger partial charge in [0.15, 0.2) is 0 Å². The molecule has 1 atom stereocenters. The monoisotopic (exact) mass is 318 g/mol. The Morgan fingerprint density at radius 3 is 3.00 bits per heavy atom. The van der Waals surface area contributed by atoms with E-state index in [9.17, 15) is 4.79 Å². The van der Waals surface area contributed by atoms with Crippen molar-refractivity contribution in [3.63, 3.8) is 0 Å². The summed E-state index contributed by atoms with van der Waals surface area (Å²) < 4.78 is 2.09. The van der Waals surface area contributed by atoms with Crippen LogP contribution in [-0.4, -0.2) is 38.7 Å². The zero-order chi connectivity index (χ0) is 15.5. The molecule has 3 heterocycles. The molecule has 3 rings (SSSR count). The van der Waals surface area contributed by atoms with Crippen LogP contribution in [0.3, 0.4) is 0 Å². The van der Waals surface area contributed by atoms with Crippen LogP contribution < -0.4 is 0 Å². The lowest BCUT2D eigenvalue weighted by Gasteiger charge is -2.33. The first-order chi connectivity index (χ1) is 10.6. The minimum atomic E-state index is 0.237. The first-order valence-corrected chi connectivity index (χ1v) is 8.70. The van der Waals surface area contributed by atoms with E-state index in [1.165, 1.54) is 5.69 Å². The summed E-state index contributed by atoms with van der Waals surface area (Å²) in [4.78, 5) is 18.7. The first kappa shape index (κ1) is 15.2. The smallest absolute Gasteiger partial charge is 0.223 e. The van der Waals surface area contributed by atoms with E-state index in [1.807, 2.05) is 17.2 Å². The highest BCUT2D eigenvalue weighted by atomic mass is 32.1. The summed E-state index contributed by atoms with van der Waals surface area (Å²) in [6, 6.07) is 2.41. The van der Waals surface area contributed by atoms with Gasteiger partial charge in [0, 0.05) is 43.2 Å². The number of likely N-dealkylation sites (tertiary alicyclic amines) is 1. The van der Waals surface area contributed by atoms with Crippen LogP contribution in [0.2, 0.25) is 0 Å². The molecule has 1 saturated heterocycles. The Bertz CT molecular complexity index is 635. The maximum absolute atomic E-state index is 12.4. The lowest BCUT2D eigenvalue weighted by molar-refractivity contribution is -0.132. The van der Waals surface area contributed by atoms with Crippen molar-refractivity contribution in [2.45, 2.75) is 45.6 Å². The van der Waals surface area contributed by atoms with Crippen molar-refractivity contribution in [2.24, 2.45) is 0 Å². The van der Waals surface area contributed by atoms with Crippen LogP contribution in [0.1, 0.15) is 41.7 Å². The van der Waals surface area contributed by atoms with Crippen molar-refractivity contribution >= 4 is 17.2 Å². The van der Waals surface area contributed by atoms with Gasteiger partial charge in [0.2, 0.25) is 5.91 Å². The second kappa shape index (κ2) is 6.60. The Kier molecular flexibility index (Phi) is 4.57. The summed E-state index contributed by atoms with van der Waals surface area (Å²) in [5.74, 6) is 0.237. The summed E-state index contributed by atoms with van der Waals surface area (Å²) in [6.07, 6.45) is 5.24. The Morgan fingerprint density at radius 1 is 1.45 bits per heavy atom. The van der Waals surface area contributed by atoms with Crippen molar-refractivity contribution in [2.75, 3.05) is 13.1 Å². The van der Waals surface area contributed by atoms with Gasteiger partial charge in [-0.15, -0.1) is 11.3 Å². The van der Waals surface area contributed by atoms with Crippen molar-refractivity contribution in [3.8, 4) is 0 Å². The van der Waals surface area contributed by atoms with E-state index in [2.05, 4.69) is 27.8 Å². The fraction of sp³-hybridized carbons (Fsp3) is 0.562. The molecule has 1 fully saturated rings. The zero-order valence-corrected chi connectivity index (χ0v) is 14.0. The predicted molar refractivity (Wildman–Crippen MR) is 87.0 cm³/mol. The Labute approximate surface area is 135 Å². The highest BCUT2D eigenvalue weighted by Gasteiger charge is 2.26. The van der Waals surface area contributed by atoms with E-state index in [1.54, 1.807) is 17.5 Å². The standard InChI is InChI=1S/C16H22N4OS/c1-12-10-13(2)20(18-12)14-4-3-8-19(11-14)16(21)6-5-15-17-7-9-22-15/h7,9-10,14H,3-6,8,11H2,1-2H3/t14-/m0/s1. The largest absolute Gasteiger partial charge is 0.341 e. The molecule has 1 aliphatic heterocycles. The summed E-state index contributed by atoms with van der Waals surface area (Å²) in [6.45, 7) is 5.75. The maximum atomic E-state index is 12.4. The number of carbonyl (C=O) groups is 1. The number of carbonyl (C=O) groups excluding carboxylic acids is 1. The van der Waals surface area contributed by atoms with Crippen LogP contribution in [0, 0.1) is 13.8 Å². The molecular weight excluding hydrogens is 296 g/mol. The van der Waals surface area contributed by atoms with Crippen molar-refractivity contribution in [1.82, 2.24) is 19.7 Å². The molecule has 22 heavy (non-hydrogen) atoms. The Balaban J connectivity index is 1.60. The molecule has 0 N–H and O–H groups in total. The fourth-order valence-corrected chi connectivity index (χ4v) is 3.77. The van der Waals surface area contributed by atoms with E-state index in [0.717, 1.165) is 43.1 Å². The molecule has 5 nitrogen and oxygen atoms in total. The first-order valence-electron chi connectivity index (χ1n) is 7.82. The molecule has 0 spiro atoms. The number of hydrogen-bond donors (Lipinski definition) is 0. The fourth-order valence-electron chi connectivity index (χ4n) is 3.15. The van der Waals surface area contributed by atoms with Gasteiger partial charge in [0.25, 0.3) is 0 Å². The molecule has 2 aromatic heterocycles. The minimum Gasteiger partial charge on any atom is -0.341 e. The summed E-state index contributed by atoms with van der Waals surface area (Å²) in [7, 11) is 0. The molecule has 118 valence electrons. The number of piperidine rings is 1. The van der Waals surface area contributed by atoms with E-state index in [-0.39, 0.29) is 5.91 Å². The summed E-state index contributed by atoms with van der Waals surface area (Å²) in [5.41, 5.74) is 2.23. The number of amides is 1. The van der Waals surface area contributed by atoms with Crippen LogP contribution in [0.5, 0.6) is 0 Å². The molecule has 0 aromatic carbocycles. The number of aromatic nitrogens is 3. The lowest BCUT2D eigenvalue weighted by Crippen LogP contribution is -2.41. The van der Waals surface area contributed by atoms with Gasteiger partial charge in [-0.1, -0.05) is 0 Å². The van der Waals surface area contributed by atoms with Gasteiger partial charge in [0.05, 0.1) is 16.7 Å². The molecule has 6 heteroatoms. The highest BCUT2D eigenvalue weighted by Crippen LogP contribution is 2.23. The molecule has 0 aliphatic carbocycles. The number of rotatable bonds is 4. The van der Waals surface area contributed by atoms with E-state index >= 15 is 0 Å². The van der Waals surface area contributed by atoms with Gasteiger partial charge < -0.3 is 4.90 Å². The molecule has 0 unspecified atom stereocenters. The van der Waals surface area contributed by atoms with Gasteiger partial charge in [-0.05, 0) is 32.8 Å². The molecule has 1 aliphatic rings. The average molecular weight is 318 g/mol. The van der Waals surface area contributed by atoms with Crippen molar-refractivity contribution < 1.29 is 4.79 Å². The van der Waals surface area contributed by atoms with Crippen molar-refractivity contribution in [1.29, 1.82) is 0 Å². The Hall–Kier alpha value is -1.69. The molecular formula is C16H22N4OS. The minimum absolute atomic E-state index is 0.237. The van der Waals surface area contributed by atoms with Gasteiger partial charge in [-0.2, -0.15) is 5.10 Å². The Morgan fingerprint density at radius 2 is 2.32 bits per heavy atom. The van der Waals surface area contributed by atoms with Crippen LogP contribution >= 0.6 is 11.3 Å². The zero-order valence-electron chi connectivity index (χ0n) is 13.2. The van der Waals surface area contributed by atoms with Crippen LogP contribution in [0.25, 0.3) is 0 Å². The van der Waals surface area contributed by atoms with Gasteiger partial charge in [-0.3, -0.25) is 9.48 Å². The van der Waals surface area contributed by atoms with Crippen LogP contribution in [0.4, 0.5) is 0 Å². The van der Waals surface area contributed by atoms with E-state index < -0.39 is 0 Å². The summed E-state index contributed by atoms with van der Waals surface area (Å²) in [5, 5.41) is 7.58. The van der Waals surface area contributed by atoms with Crippen molar-refractivity contribution in [3.05, 3.63) is 34.0 Å². The molecule has 0 bridgehead atoms. The molecule has 0 saturated carbocycles. The van der Waals surface area contributed by atoms with E-state index in [4.69, 9.17) is 0 Å². The molecule has 2 aromatic rings. The number of thiazole rings is 1. The van der Waals surface area contributed by atoms with Gasteiger partial charge in [0.1, 0.15) is 0 Å². The third-order valence-corrected chi connectivity index (χ3v) is 5.02. The third-order valence-electron chi connectivity index (χ3n) is 4.18. The van der Waals surface area contributed by atoms with Gasteiger partial charge in [-0.25, -0.2) is 4.98 Å². The number of aryl methyl sites for hydroxylation is 3. The second-order valence-corrected chi connectivity index (χ2v) is 6.91. The summed E-state index contributed by atoms with van der Waals surface area (Å²) >= 11 is 1.62. The number of nitrogens with zero attached hydrogens (tertiary/aromatic N) is 4. The molecule has 1 amide bonds. The second-order valence-electron chi connectivity index (χ2n) is 5.93. The predicted octanol–water partition coefficient (Wildman–Crippen LogP) is 2.75. The van der Waals surface area contributed by atoms with Crippen LogP contribution in [-0.2, 0) is 11.2 Å². The lowest BCUT2D eigenvalue weighted by atomic mass is 10.0. The highest BCUT2D eigenvalue weighted by molar-refractivity contribution is 7.09. The molecule has 0 radical (unpaired) electrons. The van der Waals surface area contributed by atoms with E-state index in [0.29, 0.717) is 12.5 Å². The third kappa shape index (κ3) is 3.38.